The molecule has 3 heteroatoms. The highest BCUT2D eigenvalue weighted by molar-refractivity contribution is 5.83. The number of rotatable bonds is 7. The van der Waals surface area contributed by atoms with Crippen LogP contribution < -0.4 is 10.1 Å². The summed E-state index contributed by atoms with van der Waals surface area (Å²) in [7, 11) is 0. The number of benzene rings is 2. The van der Waals surface area contributed by atoms with Gasteiger partial charge in [-0.3, -0.25) is 0 Å². The minimum Gasteiger partial charge on any atom is -0.494 e. The Labute approximate surface area is 126 Å². The van der Waals surface area contributed by atoms with E-state index in [4.69, 9.17) is 4.74 Å². The van der Waals surface area contributed by atoms with Crippen molar-refractivity contribution in [3.05, 3.63) is 42.5 Å². The molecule has 2 aromatic rings. The lowest BCUT2D eigenvalue weighted by Crippen LogP contribution is -2.49. The van der Waals surface area contributed by atoms with E-state index in [1.54, 1.807) is 0 Å². The van der Waals surface area contributed by atoms with Gasteiger partial charge in [-0.25, -0.2) is 0 Å². The molecule has 114 valence electrons. The second-order valence-electron chi connectivity index (χ2n) is 6.13. The third kappa shape index (κ3) is 4.45. The SMILES string of the molecule is CC(C)NC(C)(CO)CCOc1ccc2ccccc2c1. The normalized spacial score (nSPS) is 14.3. The van der Waals surface area contributed by atoms with Crippen LogP contribution >= 0.6 is 0 Å². The third-order valence-electron chi connectivity index (χ3n) is 3.63. The van der Waals surface area contributed by atoms with Gasteiger partial charge in [0.05, 0.1) is 13.2 Å². The number of fused-ring (bicyclic) bond motifs is 1. The smallest absolute Gasteiger partial charge is 0.119 e. The van der Waals surface area contributed by atoms with Crippen LogP contribution in [0, 0.1) is 0 Å². The third-order valence-corrected chi connectivity index (χ3v) is 3.63. The molecular weight excluding hydrogens is 262 g/mol. The molecule has 2 N–H and O–H groups in total. The second-order valence-corrected chi connectivity index (χ2v) is 6.13. The molecule has 0 fully saturated rings. The highest BCUT2D eigenvalue weighted by Crippen LogP contribution is 2.21. The zero-order chi connectivity index (χ0) is 15.3. The molecule has 0 aliphatic rings. The monoisotopic (exact) mass is 287 g/mol. The van der Waals surface area contributed by atoms with Crippen LogP contribution in [0.5, 0.6) is 5.75 Å². The fourth-order valence-electron chi connectivity index (χ4n) is 2.55. The summed E-state index contributed by atoms with van der Waals surface area (Å²) in [5.74, 6) is 0.874. The largest absolute Gasteiger partial charge is 0.494 e. The molecule has 0 saturated heterocycles. The van der Waals surface area contributed by atoms with Gasteiger partial charge in [0.2, 0.25) is 0 Å². The Hall–Kier alpha value is -1.58. The van der Waals surface area contributed by atoms with Crippen molar-refractivity contribution in [2.45, 2.75) is 38.8 Å². The first kappa shape index (κ1) is 15.8. The minimum atomic E-state index is -0.301. The zero-order valence-corrected chi connectivity index (χ0v) is 13.1. The van der Waals surface area contributed by atoms with Gasteiger partial charge in [-0.05, 0) is 29.8 Å². The Kier molecular flexibility index (Phi) is 5.21. The minimum absolute atomic E-state index is 0.103. The van der Waals surface area contributed by atoms with Crippen molar-refractivity contribution < 1.29 is 9.84 Å². The fourth-order valence-corrected chi connectivity index (χ4v) is 2.55. The molecule has 0 bridgehead atoms. The Morgan fingerprint density at radius 2 is 1.86 bits per heavy atom. The van der Waals surface area contributed by atoms with Gasteiger partial charge in [0.1, 0.15) is 5.75 Å². The van der Waals surface area contributed by atoms with Crippen LogP contribution in [0.4, 0.5) is 0 Å². The summed E-state index contributed by atoms with van der Waals surface area (Å²) in [4.78, 5) is 0. The summed E-state index contributed by atoms with van der Waals surface area (Å²) in [5.41, 5.74) is -0.301. The zero-order valence-electron chi connectivity index (χ0n) is 13.1. The molecule has 0 aromatic heterocycles. The van der Waals surface area contributed by atoms with E-state index in [0.717, 1.165) is 12.2 Å². The molecule has 0 spiro atoms. The first-order valence-electron chi connectivity index (χ1n) is 7.52. The Bertz CT molecular complexity index is 582. The highest BCUT2D eigenvalue weighted by Gasteiger charge is 2.23. The predicted octanol–water partition coefficient (Wildman–Crippen LogP) is 3.36. The summed E-state index contributed by atoms with van der Waals surface area (Å²) < 4.78 is 5.84. The van der Waals surface area contributed by atoms with E-state index in [0.29, 0.717) is 12.6 Å². The summed E-state index contributed by atoms with van der Waals surface area (Å²) >= 11 is 0. The van der Waals surface area contributed by atoms with E-state index >= 15 is 0 Å². The van der Waals surface area contributed by atoms with E-state index in [1.807, 2.05) is 25.1 Å². The molecule has 0 saturated carbocycles. The van der Waals surface area contributed by atoms with Crippen molar-refractivity contribution in [2.75, 3.05) is 13.2 Å². The van der Waals surface area contributed by atoms with Crippen LogP contribution in [0.1, 0.15) is 27.2 Å². The topological polar surface area (TPSA) is 41.5 Å². The van der Waals surface area contributed by atoms with Gasteiger partial charge in [-0.2, -0.15) is 0 Å². The summed E-state index contributed by atoms with van der Waals surface area (Å²) in [6.45, 7) is 6.87. The molecule has 0 heterocycles. The molecule has 0 aliphatic carbocycles. The number of ether oxygens (including phenoxy) is 1. The maximum atomic E-state index is 9.55. The highest BCUT2D eigenvalue weighted by atomic mass is 16.5. The maximum absolute atomic E-state index is 9.55. The second kappa shape index (κ2) is 6.92. The Balaban J connectivity index is 1.95. The van der Waals surface area contributed by atoms with Crippen LogP contribution in [0.2, 0.25) is 0 Å². The molecule has 2 rings (SSSR count). The first-order valence-corrected chi connectivity index (χ1v) is 7.52. The van der Waals surface area contributed by atoms with Gasteiger partial charge in [-0.1, -0.05) is 44.2 Å². The molecular formula is C18H25NO2. The number of aliphatic hydroxyl groups excluding tert-OH is 1. The molecule has 0 aliphatic heterocycles. The lowest BCUT2D eigenvalue weighted by molar-refractivity contribution is 0.136. The first-order chi connectivity index (χ1) is 10.0. The molecule has 0 amide bonds. The Morgan fingerprint density at radius 1 is 1.14 bits per heavy atom. The molecule has 3 nitrogen and oxygen atoms in total. The standard InChI is InChI=1S/C18H25NO2/c1-14(2)19-18(3,13-20)10-11-21-17-9-8-15-6-4-5-7-16(15)12-17/h4-9,12,14,19-20H,10-11,13H2,1-3H3. The van der Waals surface area contributed by atoms with Crippen LogP contribution in [-0.4, -0.2) is 29.9 Å². The van der Waals surface area contributed by atoms with E-state index in [1.165, 1.54) is 10.8 Å². The van der Waals surface area contributed by atoms with Crippen LogP contribution in [-0.2, 0) is 0 Å². The lowest BCUT2D eigenvalue weighted by atomic mass is 9.98. The molecule has 1 unspecified atom stereocenters. The fraction of sp³-hybridized carbons (Fsp3) is 0.444. The van der Waals surface area contributed by atoms with Gasteiger partial charge >= 0.3 is 0 Å². The summed E-state index contributed by atoms with van der Waals surface area (Å²) in [6, 6.07) is 14.7. The van der Waals surface area contributed by atoms with Gasteiger partial charge in [-0.15, -0.1) is 0 Å². The number of aliphatic hydroxyl groups is 1. The number of hydrogen-bond donors (Lipinski definition) is 2. The van der Waals surface area contributed by atoms with Crippen molar-refractivity contribution in [1.82, 2.24) is 5.32 Å². The summed E-state index contributed by atoms with van der Waals surface area (Å²) in [6.07, 6.45) is 0.758. The van der Waals surface area contributed by atoms with Crippen molar-refractivity contribution in [1.29, 1.82) is 0 Å². The van der Waals surface area contributed by atoms with E-state index < -0.39 is 0 Å². The van der Waals surface area contributed by atoms with Crippen molar-refractivity contribution >= 4 is 10.8 Å². The van der Waals surface area contributed by atoms with Gasteiger partial charge in [0.15, 0.2) is 0 Å². The van der Waals surface area contributed by atoms with E-state index in [-0.39, 0.29) is 12.1 Å². The predicted molar refractivity (Wildman–Crippen MR) is 87.8 cm³/mol. The average Bonchev–Trinajstić information content (AvgIpc) is 2.46. The van der Waals surface area contributed by atoms with Crippen molar-refractivity contribution in [3.63, 3.8) is 0 Å². The quantitative estimate of drug-likeness (QED) is 0.820. The van der Waals surface area contributed by atoms with Crippen LogP contribution in [0.3, 0.4) is 0 Å². The molecule has 21 heavy (non-hydrogen) atoms. The van der Waals surface area contributed by atoms with Gasteiger partial charge in [0.25, 0.3) is 0 Å². The van der Waals surface area contributed by atoms with Crippen molar-refractivity contribution in [3.8, 4) is 5.75 Å². The lowest BCUT2D eigenvalue weighted by Gasteiger charge is -2.31. The van der Waals surface area contributed by atoms with Crippen molar-refractivity contribution in [2.24, 2.45) is 0 Å². The van der Waals surface area contributed by atoms with Gasteiger partial charge in [0, 0.05) is 18.0 Å². The maximum Gasteiger partial charge on any atom is 0.119 e. The molecule has 1 atom stereocenters. The average molecular weight is 287 g/mol. The van der Waals surface area contributed by atoms with E-state index in [2.05, 4.69) is 43.4 Å². The van der Waals surface area contributed by atoms with Crippen LogP contribution in [0.15, 0.2) is 42.5 Å². The number of hydrogen-bond acceptors (Lipinski definition) is 3. The summed E-state index contributed by atoms with van der Waals surface area (Å²) in [5, 5.41) is 15.3. The number of nitrogens with one attached hydrogen (secondary N) is 1. The van der Waals surface area contributed by atoms with Gasteiger partial charge < -0.3 is 15.2 Å². The van der Waals surface area contributed by atoms with E-state index in [9.17, 15) is 5.11 Å². The molecule has 0 radical (unpaired) electrons. The molecule has 2 aromatic carbocycles. The Morgan fingerprint density at radius 3 is 2.52 bits per heavy atom. The van der Waals surface area contributed by atoms with Crippen LogP contribution in [0.25, 0.3) is 10.8 Å².